The second-order valence-corrected chi connectivity index (χ2v) is 5.15. The third-order valence-corrected chi connectivity index (χ3v) is 3.16. The van der Waals surface area contributed by atoms with Crippen LogP contribution in [0, 0.1) is 6.92 Å². The van der Waals surface area contributed by atoms with Gasteiger partial charge in [-0.2, -0.15) is 0 Å². The van der Waals surface area contributed by atoms with Gasteiger partial charge in [0.25, 0.3) is 5.56 Å². The van der Waals surface area contributed by atoms with Gasteiger partial charge in [0.05, 0.1) is 0 Å². The van der Waals surface area contributed by atoms with Crippen LogP contribution in [0.3, 0.4) is 0 Å². The molecule has 19 heavy (non-hydrogen) atoms. The first-order valence-corrected chi connectivity index (χ1v) is 6.32. The number of fused-ring (bicyclic) bond motifs is 1. The van der Waals surface area contributed by atoms with E-state index in [4.69, 9.17) is 0 Å². The van der Waals surface area contributed by atoms with Crippen LogP contribution in [-0.4, -0.2) is 19.9 Å². The summed E-state index contributed by atoms with van der Waals surface area (Å²) in [7, 11) is 0. The van der Waals surface area contributed by atoms with E-state index < -0.39 is 11.2 Å². The van der Waals surface area contributed by atoms with Gasteiger partial charge in [0, 0.05) is 10.0 Å². The molecule has 7 heteroatoms. The van der Waals surface area contributed by atoms with Crippen LogP contribution in [0.2, 0.25) is 0 Å². The van der Waals surface area contributed by atoms with Crippen molar-refractivity contribution in [2.45, 2.75) is 6.92 Å². The molecule has 0 amide bonds. The van der Waals surface area contributed by atoms with Crippen molar-refractivity contribution in [1.82, 2.24) is 19.9 Å². The van der Waals surface area contributed by atoms with Crippen molar-refractivity contribution in [2.24, 2.45) is 0 Å². The predicted molar refractivity (Wildman–Crippen MR) is 75.2 cm³/mol. The van der Waals surface area contributed by atoms with Crippen LogP contribution in [0.25, 0.3) is 22.6 Å². The summed E-state index contributed by atoms with van der Waals surface area (Å²) in [6.07, 6.45) is 0. The zero-order valence-electron chi connectivity index (χ0n) is 9.87. The molecule has 2 aromatic heterocycles. The quantitative estimate of drug-likeness (QED) is 0.636. The van der Waals surface area contributed by atoms with Crippen molar-refractivity contribution in [3.63, 3.8) is 0 Å². The number of nitrogens with one attached hydrogen (secondary N) is 3. The predicted octanol–water partition coefficient (Wildman–Crippen LogP) is 1.68. The first-order valence-electron chi connectivity index (χ1n) is 5.53. The first kappa shape index (κ1) is 11.9. The highest BCUT2D eigenvalue weighted by atomic mass is 79.9. The van der Waals surface area contributed by atoms with Gasteiger partial charge in [-0.3, -0.25) is 14.8 Å². The van der Waals surface area contributed by atoms with Gasteiger partial charge in [0.2, 0.25) is 0 Å². The lowest BCUT2D eigenvalue weighted by molar-refractivity contribution is 1.07. The molecule has 0 saturated carbocycles. The number of aromatic nitrogens is 4. The van der Waals surface area contributed by atoms with E-state index in [-0.39, 0.29) is 11.2 Å². The van der Waals surface area contributed by atoms with Crippen LogP contribution < -0.4 is 11.2 Å². The second-order valence-electron chi connectivity index (χ2n) is 4.23. The van der Waals surface area contributed by atoms with E-state index in [0.717, 1.165) is 15.6 Å². The number of benzene rings is 1. The number of nitrogens with zero attached hydrogens (tertiary/aromatic N) is 1. The fraction of sp³-hybridized carbons (Fsp3) is 0.0833. The molecule has 0 aliphatic carbocycles. The second kappa shape index (κ2) is 4.20. The van der Waals surface area contributed by atoms with Crippen LogP contribution in [0.5, 0.6) is 0 Å². The smallest absolute Gasteiger partial charge is 0.327 e. The molecule has 2 heterocycles. The Bertz CT molecular complexity index is 870. The maximum absolute atomic E-state index is 11.6. The molecule has 0 radical (unpaired) electrons. The maximum atomic E-state index is 11.6. The van der Waals surface area contributed by atoms with Crippen LogP contribution >= 0.6 is 15.9 Å². The van der Waals surface area contributed by atoms with Gasteiger partial charge >= 0.3 is 5.69 Å². The van der Waals surface area contributed by atoms with Gasteiger partial charge in [-0.1, -0.05) is 15.9 Å². The summed E-state index contributed by atoms with van der Waals surface area (Å²) in [5.41, 5.74) is 1.36. The van der Waals surface area contributed by atoms with Crippen LogP contribution in [0.15, 0.2) is 32.3 Å². The zero-order chi connectivity index (χ0) is 13.6. The monoisotopic (exact) mass is 320 g/mol. The van der Waals surface area contributed by atoms with E-state index >= 15 is 0 Å². The number of imidazole rings is 1. The fourth-order valence-electron chi connectivity index (χ4n) is 1.94. The average molecular weight is 321 g/mol. The minimum absolute atomic E-state index is 0.251. The highest BCUT2D eigenvalue weighted by Gasteiger charge is 2.10. The summed E-state index contributed by atoms with van der Waals surface area (Å²) < 4.78 is 0.922. The van der Waals surface area contributed by atoms with Crippen molar-refractivity contribution < 1.29 is 0 Å². The van der Waals surface area contributed by atoms with Gasteiger partial charge in [0.1, 0.15) is 11.3 Å². The first-order chi connectivity index (χ1) is 9.02. The Morgan fingerprint density at radius 1 is 1.11 bits per heavy atom. The summed E-state index contributed by atoms with van der Waals surface area (Å²) in [4.78, 5) is 34.6. The molecule has 0 bridgehead atoms. The summed E-state index contributed by atoms with van der Waals surface area (Å²) in [5.74, 6) is 0.534. The largest absolute Gasteiger partial charge is 0.332 e. The molecule has 0 aliphatic rings. The molecule has 0 saturated heterocycles. The Morgan fingerprint density at radius 3 is 2.63 bits per heavy atom. The zero-order valence-corrected chi connectivity index (χ0v) is 11.5. The highest BCUT2D eigenvalue weighted by Crippen LogP contribution is 2.23. The molecular formula is C12H9BrN4O2. The third kappa shape index (κ3) is 2.12. The lowest BCUT2D eigenvalue weighted by Crippen LogP contribution is -2.21. The Hall–Kier alpha value is -2.15. The third-order valence-electron chi connectivity index (χ3n) is 2.71. The van der Waals surface area contributed by atoms with E-state index in [2.05, 4.69) is 35.9 Å². The SMILES string of the molecule is Cc1cc(Br)cc(-c2nc3[nH]c(=O)[nH]c(=O)c3[nH]2)c1. The van der Waals surface area contributed by atoms with Crippen LogP contribution in [-0.2, 0) is 0 Å². The summed E-state index contributed by atoms with van der Waals surface area (Å²) in [6, 6.07) is 5.80. The Kier molecular flexibility index (Phi) is 2.63. The summed E-state index contributed by atoms with van der Waals surface area (Å²) in [6.45, 7) is 1.96. The van der Waals surface area contributed by atoms with Crippen molar-refractivity contribution in [3.05, 3.63) is 49.1 Å². The number of H-pyrrole nitrogens is 3. The number of aromatic amines is 3. The van der Waals surface area contributed by atoms with E-state index in [1.54, 1.807) is 0 Å². The molecule has 0 fully saturated rings. The molecule has 6 nitrogen and oxygen atoms in total. The van der Waals surface area contributed by atoms with Crippen molar-refractivity contribution >= 4 is 27.1 Å². The molecule has 0 spiro atoms. The van der Waals surface area contributed by atoms with Gasteiger partial charge < -0.3 is 4.98 Å². The number of hydrogen-bond acceptors (Lipinski definition) is 3. The van der Waals surface area contributed by atoms with Crippen LogP contribution in [0.1, 0.15) is 5.56 Å². The fourth-order valence-corrected chi connectivity index (χ4v) is 2.55. The minimum atomic E-state index is -0.569. The van der Waals surface area contributed by atoms with E-state index in [9.17, 15) is 9.59 Å². The van der Waals surface area contributed by atoms with Crippen molar-refractivity contribution in [1.29, 1.82) is 0 Å². The molecule has 1 aromatic carbocycles. The summed E-state index contributed by atoms with van der Waals surface area (Å²) >= 11 is 3.41. The van der Waals surface area contributed by atoms with Crippen molar-refractivity contribution in [3.8, 4) is 11.4 Å². The maximum Gasteiger partial charge on any atom is 0.327 e. The van der Waals surface area contributed by atoms with Gasteiger partial charge in [-0.15, -0.1) is 0 Å². The number of rotatable bonds is 1. The number of aryl methyl sites for hydroxylation is 1. The van der Waals surface area contributed by atoms with Crippen molar-refractivity contribution in [2.75, 3.05) is 0 Å². The van der Waals surface area contributed by atoms with Crippen LogP contribution in [0.4, 0.5) is 0 Å². The van der Waals surface area contributed by atoms with Gasteiger partial charge in [-0.25, -0.2) is 9.78 Å². The standard InChI is InChI=1S/C12H9BrN4O2/c1-5-2-6(4-7(13)3-5)9-14-8-10(15-9)16-12(19)17-11(8)18/h2-4H,1H3,(H3,14,15,16,17,18,19). The minimum Gasteiger partial charge on any atom is -0.332 e. The lowest BCUT2D eigenvalue weighted by Gasteiger charge is -2.00. The molecule has 96 valence electrons. The Morgan fingerprint density at radius 2 is 1.89 bits per heavy atom. The van der Waals surface area contributed by atoms with E-state index in [1.165, 1.54) is 0 Å². The normalized spacial score (nSPS) is 11.1. The van der Waals surface area contributed by atoms with Gasteiger partial charge in [-0.05, 0) is 30.7 Å². The average Bonchev–Trinajstić information content (AvgIpc) is 2.71. The number of hydrogen-bond donors (Lipinski definition) is 3. The number of halogens is 1. The molecule has 0 atom stereocenters. The van der Waals surface area contributed by atoms with E-state index in [1.807, 2.05) is 25.1 Å². The molecular weight excluding hydrogens is 312 g/mol. The Labute approximate surface area is 115 Å². The molecule has 0 aliphatic heterocycles. The summed E-state index contributed by atoms with van der Waals surface area (Å²) in [5, 5.41) is 0. The molecule has 3 aromatic rings. The Balaban J connectivity index is 2.29. The van der Waals surface area contributed by atoms with Gasteiger partial charge in [0.15, 0.2) is 5.65 Å². The molecule has 3 rings (SSSR count). The molecule has 0 unspecified atom stereocenters. The topological polar surface area (TPSA) is 94.4 Å². The highest BCUT2D eigenvalue weighted by molar-refractivity contribution is 9.10. The lowest BCUT2D eigenvalue weighted by atomic mass is 10.1. The van der Waals surface area contributed by atoms with E-state index in [0.29, 0.717) is 5.82 Å². The molecule has 3 N–H and O–H groups in total.